The van der Waals surface area contributed by atoms with Crippen LogP contribution in [0.2, 0.25) is 0 Å². The molecule has 0 saturated heterocycles. The molecule has 7 heteroatoms. The Hall–Kier alpha value is -2.72. The fourth-order valence-corrected chi connectivity index (χ4v) is 2.41. The van der Waals surface area contributed by atoms with Gasteiger partial charge in [-0.05, 0) is 17.7 Å². The lowest BCUT2D eigenvalue weighted by atomic mass is 10.2. The van der Waals surface area contributed by atoms with Crippen LogP contribution < -0.4 is 14.2 Å². The summed E-state index contributed by atoms with van der Waals surface area (Å²) < 4.78 is 36.2. The standard InChI is InChI=1S/C16H16N2O4S/c1-23(19,20)18-15-11-14(21-10-9-17)7-8-16(15)22-12-13-5-3-2-4-6-13/h2-8,11,18H,10,12H2,1H3. The zero-order valence-electron chi connectivity index (χ0n) is 12.5. The highest BCUT2D eigenvalue weighted by atomic mass is 32.2. The molecule has 1 N–H and O–H groups in total. The van der Waals surface area contributed by atoms with E-state index in [1.165, 1.54) is 6.07 Å². The van der Waals surface area contributed by atoms with Crippen molar-refractivity contribution in [2.24, 2.45) is 0 Å². The van der Waals surface area contributed by atoms with Crippen molar-refractivity contribution in [3.8, 4) is 17.6 Å². The van der Waals surface area contributed by atoms with Gasteiger partial charge in [0.05, 0.1) is 11.9 Å². The van der Waals surface area contributed by atoms with Gasteiger partial charge in [-0.15, -0.1) is 0 Å². The molecule has 0 amide bonds. The van der Waals surface area contributed by atoms with E-state index in [-0.39, 0.29) is 12.3 Å². The quantitative estimate of drug-likeness (QED) is 0.842. The molecule has 120 valence electrons. The van der Waals surface area contributed by atoms with E-state index in [0.717, 1.165) is 11.8 Å². The van der Waals surface area contributed by atoms with Gasteiger partial charge in [-0.1, -0.05) is 30.3 Å². The first-order valence-corrected chi connectivity index (χ1v) is 8.65. The Morgan fingerprint density at radius 3 is 2.52 bits per heavy atom. The lowest BCUT2D eigenvalue weighted by Crippen LogP contribution is -2.11. The average Bonchev–Trinajstić information content (AvgIpc) is 2.51. The number of rotatable bonds is 7. The summed E-state index contributed by atoms with van der Waals surface area (Å²) >= 11 is 0. The third-order valence-corrected chi connectivity index (χ3v) is 3.38. The van der Waals surface area contributed by atoms with Crippen LogP contribution in [-0.2, 0) is 16.6 Å². The maximum Gasteiger partial charge on any atom is 0.229 e. The molecule has 0 radical (unpaired) electrons. The van der Waals surface area contributed by atoms with Crippen LogP contribution in [0.1, 0.15) is 5.56 Å². The molecule has 0 fully saturated rings. The van der Waals surface area contributed by atoms with E-state index in [2.05, 4.69) is 4.72 Å². The number of benzene rings is 2. The summed E-state index contributed by atoms with van der Waals surface area (Å²) in [6, 6.07) is 16.1. The average molecular weight is 332 g/mol. The van der Waals surface area contributed by atoms with Crippen LogP contribution in [0.15, 0.2) is 48.5 Å². The van der Waals surface area contributed by atoms with Gasteiger partial charge in [-0.25, -0.2) is 8.42 Å². The Morgan fingerprint density at radius 1 is 1.13 bits per heavy atom. The fraction of sp³-hybridized carbons (Fsp3) is 0.188. The summed E-state index contributed by atoms with van der Waals surface area (Å²) in [5, 5.41) is 8.54. The van der Waals surface area contributed by atoms with Crippen LogP contribution in [0, 0.1) is 11.3 Å². The molecule has 2 aromatic carbocycles. The third kappa shape index (κ3) is 5.52. The highest BCUT2D eigenvalue weighted by Crippen LogP contribution is 2.30. The third-order valence-electron chi connectivity index (χ3n) is 2.79. The number of anilines is 1. The van der Waals surface area contributed by atoms with E-state index in [4.69, 9.17) is 14.7 Å². The number of hydrogen-bond acceptors (Lipinski definition) is 5. The maximum absolute atomic E-state index is 11.5. The van der Waals surface area contributed by atoms with Crippen molar-refractivity contribution in [1.82, 2.24) is 0 Å². The summed E-state index contributed by atoms with van der Waals surface area (Å²) in [5.74, 6) is 0.758. The Bertz CT molecular complexity index is 799. The van der Waals surface area contributed by atoms with Gasteiger partial charge < -0.3 is 9.47 Å². The van der Waals surface area contributed by atoms with E-state index >= 15 is 0 Å². The van der Waals surface area contributed by atoms with Crippen molar-refractivity contribution in [3.63, 3.8) is 0 Å². The molecule has 0 aliphatic rings. The molecule has 0 saturated carbocycles. The molecule has 2 aromatic rings. The first-order valence-electron chi connectivity index (χ1n) is 6.76. The Balaban J connectivity index is 2.21. The van der Waals surface area contributed by atoms with Gasteiger partial charge in [-0.3, -0.25) is 4.72 Å². The smallest absolute Gasteiger partial charge is 0.229 e. The zero-order valence-corrected chi connectivity index (χ0v) is 13.3. The Labute approximate surface area is 135 Å². The summed E-state index contributed by atoms with van der Waals surface area (Å²) in [5.41, 5.74) is 1.22. The predicted octanol–water partition coefficient (Wildman–Crippen LogP) is 2.54. The molecule has 0 aliphatic heterocycles. The molecule has 0 bridgehead atoms. The molecule has 0 spiro atoms. The molecular formula is C16H16N2O4S. The van der Waals surface area contributed by atoms with Crippen LogP contribution in [0.4, 0.5) is 5.69 Å². The number of sulfonamides is 1. The fourth-order valence-electron chi connectivity index (χ4n) is 1.86. The van der Waals surface area contributed by atoms with Crippen LogP contribution in [0.3, 0.4) is 0 Å². The van der Waals surface area contributed by atoms with Crippen molar-refractivity contribution in [2.75, 3.05) is 17.6 Å². The minimum Gasteiger partial charge on any atom is -0.487 e. The van der Waals surface area contributed by atoms with Gasteiger partial charge >= 0.3 is 0 Å². The van der Waals surface area contributed by atoms with Crippen LogP contribution in [-0.4, -0.2) is 21.3 Å². The first kappa shape index (κ1) is 16.6. The molecule has 0 atom stereocenters. The Kier molecular flexibility index (Phi) is 5.44. The predicted molar refractivity (Wildman–Crippen MR) is 86.8 cm³/mol. The Morgan fingerprint density at radius 2 is 1.87 bits per heavy atom. The van der Waals surface area contributed by atoms with E-state index in [1.54, 1.807) is 12.1 Å². The van der Waals surface area contributed by atoms with Crippen molar-refractivity contribution < 1.29 is 17.9 Å². The molecule has 0 aromatic heterocycles. The molecule has 0 unspecified atom stereocenters. The van der Waals surface area contributed by atoms with Gasteiger partial charge in [-0.2, -0.15) is 5.26 Å². The SMILES string of the molecule is CS(=O)(=O)Nc1cc(OCC#N)ccc1OCc1ccccc1. The van der Waals surface area contributed by atoms with E-state index < -0.39 is 10.0 Å². The van der Waals surface area contributed by atoms with Gasteiger partial charge in [0.25, 0.3) is 0 Å². The number of nitrogens with zero attached hydrogens (tertiary/aromatic N) is 1. The van der Waals surface area contributed by atoms with Gasteiger partial charge in [0.1, 0.15) is 24.2 Å². The molecule has 0 heterocycles. The molecule has 0 aliphatic carbocycles. The van der Waals surface area contributed by atoms with E-state index in [1.807, 2.05) is 36.4 Å². The number of ether oxygens (including phenoxy) is 2. The van der Waals surface area contributed by atoms with Crippen LogP contribution in [0.25, 0.3) is 0 Å². The van der Waals surface area contributed by atoms with Gasteiger partial charge in [0.15, 0.2) is 6.61 Å². The van der Waals surface area contributed by atoms with Gasteiger partial charge in [0, 0.05) is 6.07 Å². The summed E-state index contributed by atoms with van der Waals surface area (Å²) in [6.07, 6.45) is 1.05. The van der Waals surface area contributed by atoms with Crippen LogP contribution >= 0.6 is 0 Å². The van der Waals surface area contributed by atoms with Gasteiger partial charge in [0.2, 0.25) is 10.0 Å². The largest absolute Gasteiger partial charge is 0.487 e. The summed E-state index contributed by atoms with van der Waals surface area (Å²) in [4.78, 5) is 0. The molecule has 23 heavy (non-hydrogen) atoms. The minimum absolute atomic E-state index is 0.122. The van der Waals surface area contributed by atoms with Crippen molar-refractivity contribution in [3.05, 3.63) is 54.1 Å². The van der Waals surface area contributed by atoms with Crippen molar-refractivity contribution in [1.29, 1.82) is 5.26 Å². The molecule has 2 rings (SSSR count). The lowest BCUT2D eigenvalue weighted by molar-refractivity contribution is 0.306. The van der Waals surface area contributed by atoms with E-state index in [9.17, 15) is 8.42 Å². The molecule has 6 nitrogen and oxygen atoms in total. The minimum atomic E-state index is -3.47. The van der Waals surface area contributed by atoms with Crippen molar-refractivity contribution in [2.45, 2.75) is 6.61 Å². The topological polar surface area (TPSA) is 88.4 Å². The monoisotopic (exact) mass is 332 g/mol. The van der Waals surface area contributed by atoms with Crippen LogP contribution in [0.5, 0.6) is 11.5 Å². The highest BCUT2D eigenvalue weighted by Gasteiger charge is 2.11. The number of hydrogen-bond donors (Lipinski definition) is 1. The summed E-state index contributed by atoms with van der Waals surface area (Å²) in [6.45, 7) is 0.181. The maximum atomic E-state index is 11.5. The number of nitrogens with one attached hydrogen (secondary N) is 1. The normalized spacial score (nSPS) is 10.6. The van der Waals surface area contributed by atoms with E-state index in [0.29, 0.717) is 18.1 Å². The van der Waals surface area contributed by atoms with Crippen molar-refractivity contribution >= 4 is 15.7 Å². The zero-order chi connectivity index (χ0) is 16.7. The second-order valence-electron chi connectivity index (χ2n) is 4.75. The lowest BCUT2D eigenvalue weighted by Gasteiger charge is -2.14. The molecular weight excluding hydrogens is 316 g/mol. The number of nitriles is 1. The summed E-state index contributed by atoms with van der Waals surface area (Å²) in [7, 11) is -3.47. The first-order chi connectivity index (χ1) is 11.0. The highest BCUT2D eigenvalue weighted by molar-refractivity contribution is 7.92. The second-order valence-corrected chi connectivity index (χ2v) is 6.50. The second kappa shape index (κ2) is 7.51.